The quantitative estimate of drug-likeness (QED) is 0.870. The van der Waals surface area contributed by atoms with Crippen molar-refractivity contribution in [2.45, 2.75) is 25.7 Å². The number of hydrogen-bond acceptors (Lipinski definition) is 3. The molecule has 1 N–H and O–H groups in total. The minimum atomic E-state index is 0.811. The van der Waals surface area contributed by atoms with Gasteiger partial charge in [-0.15, -0.1) is 0 Å². The van der Waals surface area contributed by atoms with E-state index in [0.29, 0.717) is 0 Å². The SMILES string of the molecule is COc1ccc(CCC2CCCNC2)c(OC)c1. The van der Waals surface area contributed by atoms with Gasteiger partial charge < -0.3 is 14.8 Å². The molecule has 3 nitrogen and oxygen atoms in total. The van der Waals surface area contributed by atoms with E-state index < -0.39 is 0 Å². The Balaban J connectivity index is 1.95. The summed E-state index contributed by atoms with van der Waals surface area (Å²) in [6, 6.07) is 6.10. The number of ether oxygens (including phenoxy) is 2. The number of piperidine rings is 1. The van der Waals surface area contributed by atoms with E-state index in [0.717, 1.165) is 23.8 Å². The van der Waals surface area contributed by atoms with Crippen molar-refractivity contribution < 1.29 is 9.47 Å². The molecular weight excluding hydrogens is 226 g/mol. The Morgan fingerprint density at radius 3 is 2.83 bits per heavy atom. The van der Waals surface area contributed by atoms with Gasteiger partial charge in [-0.3, -0.25) is 0 Å². The van der Waals surface area contributed by atoms with Crippen LogP contribution in [0, 0.1) is 5.92 Å². The van der Waals surface area contributed by atoms with Crippen LogP contribution < -0.4 is 14.8 Å². The molecule has 1 aromatic rings. The van der Waals surface area contributed by atoms with Crippen LogP contribution in [-0.2, 0) is 6.42 Å². The molecule has 1 aromatic carbocycles. The van der Waals surface area contributed by atoms with Crippen molar-refractivity contribution in [2.24, 2.45) is 5.92 Å². The molecule has 0 saturated carbocycles. The second-order valence-electron chi connectivity index (χ2n) is 4.93. The first-order valence-electron chi connectivity index (χ1n) is 6.75. The van der Waals surface area contributed by atoms with Crippen molar-refractivity contribution in [2.75, 3.05) is 27.3 Å². The fourth-order valence-corrected chi connectivity index (χ4v) is 2.59. The predicted octanol–water partition coefficient (Wildman–Crippen LogP) is 2.64. The summed E-state index contributed by atoms with van der Waals surface area (Å²) in [5, 5.41) is 3.47. The van der Waals surface area contributed by atoms with E-state index in [1.54, 1.807) is 14.2 Å². The summed E-state index contributed by atoms with van der Waals surface area (Å²) in [5.41, 5.74) is 1.28. The molecule has 0 aliphatic carbocycles. The fourth-order valence-electron chi connectivity index (χ4n) is 2.59. The van der Waals surface area contributed by atoms with E-state index in [4.69, 9.17) is 9.47 Å². The molecule has 1 unspecified atom stereocenters. The van der Waals surface area contributed by atoms with Gasteiger partial charge in [-0.25, -0.2) is 0 Å². The molecule has 0 aromatic heterocycles. The normalized spacial score (nSPS) is 19.6. The summed E-state index contributed by atoms with van der Waals surface area (Å²) in [7, 11) is 3.41. The predicted molar refractivity (Wildman–Crippen MR) is 73.5 cm³/mol. The minimum Gasteiger partial charge on any atom is -0.497 e. The van der Waals surface area contributed by atoms with Crippen LogP contribution in [0.1, 0.15) is 24.8 Å². The fraction of sp³-hybridized carbons (Fsp3) is 0.600. The highest BCUT2D eigenvalue weighted by Gasteiger charge is 2.14. The molecule has 2 rings (SSSR count). The molecule has 1 fully saturated rings. The van der Waals surface area contributed by atoms with Gasteiger partial charge >= 0.3 is 0 Å². The first kappa shape index (κ1) is 13.2. The molecule has 0 spiro atoms. The first-order chi connectivity index (χ1) is 8.83. The summed E-state index contributed by atoms with van der Waals surface area (Å²) < 4.78 is 10.6. The maximum Gasteiger partial charge on any atom is 0.125 e. The number of aryl methyl sites for hydroxylation is 1. The van der Waals surface area contributed by atoms with Crippen molar-refractivity contribution in [1.82, 2.24) is 5.32 Å². The van der Waals surface area contributed by atoms with Crippen molar-refractivity contribution in [3.05, 3.63) is 23.8 Å². The average Bonchev–Trinajstić information content (AvgIpc) is 2.46. The van der Waals surface area contributed by atoms with Gasteiger partial charge in [-0.1, -0.05) is 6.07 Å². The van der Waals surface area contributed by atoms with Crippen LogP contribution in [0.5, 0.6) is 11.5 Å². The Hall–Kier alpha value is -1.22. The third kappa shape index (κ3) is 3.39. The Kier molecular flexibility index (Phi) is 4.88. The van der Waals surface area contributed by atoms with Crippen molar-refractivity contribution >= 4 is 0 Å². The summed E-state index contributed by atoms with van der Waals surface area (Å²) in [4.78, 5) is 0. The van der Waals surface area contributed by atoms with Crippen LogP contribution in [0.15, 0.2) is 18.2 Å². The van der Waals surface area contributed by atoms with Gasteiger partial charge in [0, 0.05) is 6.07 Å². The lowest BCUT2D eigenvalue weighted by Crippen LogP contribution is -2.29. The van der Waals surface area contributed by atoms with Gasteiger partial charge in [0.25, 0.3) is 0 Å². The first-order valence-corrected chi connectivity index (χ1v) is 6.75. The maximum absolute atomic E-state index is 5.43. The van der Waals surface area contributed by atoms with Crippen LogP contribution in [0.2, 0.25) is 0 Å². The standard InChI is InChI=1S/C15H23NO2/c1-17-14-8-7-13(15(10-14)18-2)6-5-12-4-3-9-16-11-12/h7-8,10,12,16H,3-6,9,11H2,1-2H3. The number of rotatable bonds is 5. The zero-order valence-electron chi connectivity index (χ0n) is 11.4. The summed E-state index contributed by atoms with van der Waals surface area (Å²) in [6.07, 6.45) is 4.98. The number of benzene rings is 1. The van der Waals surface area contributed by atoms with Crippen LogP contribution in [0.25, 0.3) is 0 Å². The lowest BCUT2D eigenvalue weighted by Gasteiger charge is -2.23. The molecule has 100 valence electrons. The molecular formula is C15H23NO2. The molecule has 0 radical (unpaired) electrons. The Bertz CT molecular complexity index is 373. The molecule has 1 aliphatic heterocycles. The number of hydrogen-bond donors (Lipinski definition) is 1. The van der Waals surface area contributed by atoms with Gasteiger partial charge in [0.05, 0.1) is 14.2 Å². The summed E-state index contributed by atoms with van der Waals surface area (Å²) in [6.45, 7) is 2.35. The molecule has 3 heteroatoms. The highest BCUT2D eigenvalue weighted by Crippen LogP contribution is 2.27. The molecule has 1 atom stereocenters. The zero-order valence-corrected chi connectivity index (χ0v) is 11.4. The highest BCUT2D eigenvalue weighted by molar-refractivity contribution is 5.40. The summed E-state index contributed by atoms with van der Waals surface area (Å²) in [5.74, 6) is 2.61. The van der Waals surface area contributed by atoms with Gasteiger partial charge in [0.15, 0.2) is 0 Å². The molecule has 1 aliphatic rings. The zero-order chi connectivity index (χ0) is 12.8. The Morgan fingerprint density at radius 1 is 1.28 bits per heavy atom. The van der Waals surface area contributed by atoms with Crippen molar-refractivity contribution in [1.29, 1.82) is 0 Å². The number of nitrogens with one attached hydrogen (secondary N) is 1. The third-order valence-electron chi connectivity index (χ3n) is 3.72. The second kappa shape index (κ2) is 6.64. The average molecular weight is 249 g/mol. The molecule has 1 saturated heterocycles. The smallest absolute Gasteiger partial charge is 0.125 e. The highest BCUT2D eigenvalue weighted by atomic mass is 16.5. The van der Waals surface area contributed by atoms with E-state index in [-0.39, 0.29) is 0 Å². The van der Waals surface area contributed by atoms with Crippen molar-refractivity contribution in [3.63, 3.8) is 0 Å². The van der Waals surface area contributed by atoms with E-state index in [1.807, 2.05) is 12.1 Å². The molecule has 18 heavy (non-hydrogen) atoms. The van der Waals surface area contributed by atoms with Crippen LogP contribution in [0.3, 0.4) is 0 Å². The van der Waals surface area contributed by atoms with Crippen LogP contribution in [-0.4, -0.2) is 27.3 Å². The maximum atomic E-state index is 5.43. The topological polar surface area (TPSA) is 30.5 Å². The van der Waals surface area contributed by atoms with Gasteiger partial charge in [0.1, 0.15) is 11.5 Å². The second-order valence-corrected chi connectivity index (χ2v) is 4.93. The van der Waals surface area contributed by atoms with Crippen molar-refractivity contribution in [3.8, 4) is 11.5 Å². The monoisotopic (exact) mass is 249 g/mol. The van der Waals surface area contributed by atoms with E-state index in [2.05, 4.69) is 11.4 Å². The van der Waals surface area contributed by atoms with Gasteiger partial charge in [-0.05, 0) is 56.3 Å². The Labute approximate surface area is 109 Å². The molecule has 0 bridgehead atoms. The van der Waals surface area contributed by atoms with Gasteiger partial charge in [0.2, 0.25) is 0 Å². The Morgan fingerprint density at radius 2 is 2.17 bits per heavy atom. The summed E-state index contributed by atoms with van der Waals surface area (Å²) >= 11 is 0. The van der Waals surface area contributed by atoms with E-state index in [1.165, 1.54) is 37.9 Å². The lowest BCUT2D eigenvalue weighted by molar-refractivity contribution is 0.353. The third-order valence-corrected chi connectivity index (χ3v) is 3.72. The lowest BCUT2D eigenvalue weighted by atomic mass is 9.92. The largest absolute Gasteiger partial charge is 0.497 e. The van der Waals surface area contributed by atoms with E-state index >= 15 is 0 Å². The van der Waals surface area contributed by atoms with E-state index in [9.17, 15) is 0 Å². The number of methoxy groups -OCH3 is 2. The minimum absolute atomic E-state index is 0.811. The molecule has 1 heterocycles. The van der Waals surface area contributed by atoms with Gasteiger partial charge in [-0.2, -0.15) is 0 Å². The van der Waals surface area contributed by atoms with Crippen LogP contribution >= 0.6 is 0 Å². The molecule has 0 amide bonds. The van der Waals surface area contributed by atoms with Crippen LogP contribution in [0.4, 0.5) is 0 Å².